The van der Waals surface area contributed by atoms with Gasteiger partial charge in [-0.3, -0.25) is 9.79 Å². The molecule has 2 heterocycles. The minimum atomic E-state index is -0.359. The van der Waals surface area contributed by atoms with Gasteiger partial charge >= 0.3 is 5.97 Å². The van der Waals surface area contributed by atoms with Crippen molar-refractivity contribution < 1.29 is 9.53 Å². The number of fused-ring (bicyclic) bond motifs is 3. The summed E-state index contributed by atoms with van der Waals surface area (Å²) >= 11 is 0. The van der Waals surface area contributed by atoms with E-state index < -0.39 is 0 Å². The molecule has 0 unspecified atom stereocenters. The third kappa shape index (κ3) is 3.48. The Labute approximate surface area is 183 Å². The first-order valence-corrected chi connectivity index (χ1v) is 10.1. The zero-order valence-corrected chi connectivity index (χ0v) is 17.3. The normalized spacial score (nSPS) is 11.4. The molecule has 0 saturated carbocycles. The number of aromatic nitrogens is 2. The Morgan fingerprint density at radius 3 is 2.31 bits per heavy atom. The summed E-state index contributed by atoms with van der Waals surface area (Å²) in [6.45, 7) is 0. The van der Waals surface area contributed by atoms with Crippen LogP contribution in [0.1, 0.15) is 15.9 Å². The molecule has 0 atom stereocenters. The Morgan fingerprint density at radius 2 is 1.59 bits per heavy atom. The lowest BCUT2D eigenvalue weighted by Crippen LogP contribution is -2.04. The van der Waals surface area contributed by atoms with Crippen LogP contribution < -0.4 is 5.56 Å². The van der Waals surface area contributed by atoms with E-state index in [1.165, 1.54) is 7.11 Å². The number of aliphatic imine (C=N–C) groups is 1. The third-order valence-corrected chi connectivity index (χ3v) is 5.45. The monoisotopic (exact) mass is 421 g/mol. The fraction of sp³-hybridized carbons (Fsp3) is 0.0385. The smallest absolute Gasteiger partial charge is 0.337 e. The molecule has 3 aromatic carbocycles. The Morgan fingerprint density at radius 1 is 0.906 bits per heavy atom. The number of aromatic amines is 2. The van der Waals surface area contributed by atoms with Crippen molar-refractivity contribution in [2.75, 3.05) is 7.11 Å². The maximum atomic E-state index is 12.5. The number of nitrogens with zero attached hydrogens (tertiary/aromatic N) is 1. The van der Waals surface area contributed by atoms with Gasteiger partial charge in [-0.1, -0.05) is 30.3 Å². The quantitative estimate of drug-likeness (QED) is 0.308. The highest BCUT2D eigenvalue weighted by atomic mass is 16.5. The number of nitrogens with one attached hydrogen (secondary N) is 2. The van der Waals surface area contributed by atoms with E-state index in [1.54, 1.807) is 18.3 Å². The summed E-state index contributed by atoms with van der Waals surface area (Å²) in [6.07, 6.45) is 3.48. The Kier molecular flexibility index (Phi) is 4.88. The number of rotatable bonds is 4. The number of carbonyl (C=O) groups is 1. The van der Waals surface area contributed by atoms with Crippen LogP contribution in [0.15, 0.2) is 88.8 Å². The highest BCUT2D eigenvalue weighted by Crippen LogP contribution is 2.26. The first-order valence-electron chi connectivity index (χ1n) is 10.1. The second-order valence-electron chi connectivity index (χ2n) is 7.36. The number of H-pyrrole nitrogens is 2. The van der Waals surface area contributed by atoms with Gasteiger partial charge in [-0.15, -0.1) is 0 Å². The van der Waals surface area contributed by atoms with Gasteiger partial charge in [0.1, 0.15) is 0 Å². The van der Waals surface area contributed by atoms with Gasteiger partial charge in [0.25, 0.3) is 5.56 Å². The van der Waals surface area contributed by atoms with Crippen LogP contribution in [-0.2, 0) is 4.74 Å². The van der Waals surface area contributed by atoms with Crippen molar-refractivity contribution in [2.45, 2.75) is 0 Å². The molecule has 0 bridgehead atoms. The van der Waals surface area contributed by atoms with Gasteiger partial charge in [0, 0.05) is 34.2 Å². The topological polar surface area (TPSA) is 87.3 Å². The van der Waals surface area contributed by atoms with E-state index in [2.05, 4.69) is 15.0 Å². The summed E-state index contributed by atoms with van der Waals surface area (Å²) in [4.78, 5) is 34.8. The predicted octanol–water partition coefficient (Wildman–Crippen LogP) is 5.21. The second-order valence-corrected chi connectivity index (χ2v) is 7.36. The molecule has 0 radical (unpaired) electrons. The SMILES string of the molecule is COC(=O)c1ccc(-c2ccc(N=Cc3c(=O)[nH]c4ccc5[nH]cccc5c34)cc2)cc1. The van der Waals surface area contributed by atoms with E-state index in [9.17, 15) is 9.59 Å². The number of methoxy groups -OCH3 is 1. The predicted molar refractivity (Wildman–Crippen MR) is 127 cm³/mol. The molecule has 0 aliphatic carbocycles. The van der Waals surface area contributed by atoms with E-state index in [4.69, 9.17) is 4.74 Å². The van der Waals surface area contributed by atoms with Crippen molar-refractivity contribution in [3.8, 4) is 11.1 Å². The lowest BCUT2D eigenvalue weighted by molar-refractivity contribution is 0.0601. The number of carbonyl (C=O) groups excluding carboxylic acids is 1. The maximum absolute atomic E-state index is 12.5. The number of hydrogen-bond acceptors (Lipinski definition) is 4. The van der Waals surface area contributed by atoms with Gasteiger partial charge < -0.3 is 14.7 Å². The molecule has 0 aliphatic heterocycles. The van der Waals surface area contributed by atoms with E-state index in [0.717, 1.165) is 38.6 Å². The number of pyridine rings is 1. The summed E-state index contributed by atoms with van der Waals surface area (Å²) < 4.78 is 4.73. The van der Waals surface area contributed by atoms with Crippen LogP contribution in [0.4, 0.5) is 5.69 Å². The van der Waals surface area contributed by atoms with Crippen molar-refractivity contribution in [3.05, 3.63) is 100 Å². The average Bonchev–Trinajstić information content (AvgIpc) is 3.18. The molecule has 156 valence electrons. The zero-order chi connectivity index (χ0) is 22.1. The molecule has 0 aliphatic rings. The van der Waals surface area contributed by atoms with Gasteiger partial charge in [0.05, 0.1) is 23.9 Å². The van der Waals surface area contributed by atoms with E-state index in [-0.39, 0.29) is 11.5 Å². The fourth-order valence-corrected chi connectivity index (χ4v) is 3.82. The largest absolute Gasteiger partial charge is 0.465 e. The number of hydrogen-bond donors (Lipinski definition) is 2. The average molecular weight is 421 g/mol. The molecule has 0 fully saturated rings. The molecule has 0 spiro atoms. The molecule has 32 heavy (non-hydrogen) atoms. The first-order chi connectivity index (χ1) is 15.6. The summed E-state index contributed by atoms with van der Waals surface area (Å²) in [7, 11) is 1.36. The molecule has 5 aromatic rings. The maximum Gasteiger partial charge on any atom is 0.337 e. The zero-order valence-electron chi connectivity index (χ0n) is 17.3. The molecule has 6 heteroatoms. The fourth-order valence-electron chi connectivity index (χ4n) is 3.82. The third-order valence-electron chi connectivity index (χ3n) is 5.45. The van der Waals surface area contributed by atoms with Gasteiger partial charge in [-0.05, 0) is 53.6 Å². The van der Waals surface area contributed by atoms with E-state index >= 15 is 0 Å². The van der Waals surface area contributed by atoms with Gasteiger partial charge in [0.15, 0.2) is 0 Å². The molecule has 0 amide bonds. The standard InChI is InChI=1S/C26H19N3O3/c1-32-26(31)18-6-4-16(5-7-18)17-8-10-19(11-9-17)28-15-21-24-20-3-2-14-27-22(20)12-13-23(24)29-25(21)30/h2-15,27H,1H3,(H,29,30). The Bertz CT molecular complexity index is 1530. The number of ether oxygens (including phenoxy) is 1. The summed E-state index contributed by atoms with van der Waals surface area (Å²) in [5, 5.41) is 1.82. The van der Waals surface area contributed by atoms with Crippen LogP contribution in [0.5, 0.6) is 0 Å². The molecule has 5 rings (SSSR count). The summed E-state index contributed by atoms with van der Waals surface area (Å²) in [5.74, 6) is -0.359. The lowest BCUT2D eigenvalue weighted by atomic mass is 10.0. The van der Waals surface area contributed by atoms with Gasteiger partial charge in [-0.2, -0.15) is 0 Å². The Hall–Kier alpha value is -4.45. The van der Waals surface area contributed by atoms with Crippen molar-refractivity contribution in [1.82, 2.24) is 9.97 Å². The first kappa shape index (κ1) is 19.5. The van der Waals surface area contributed by atoms with Crippen LogP contribution in [-0.4, -0.2) is 29.3 Å². The van der Waals surface area contributed by atoms with Gasteiger partial charge in [-0.25, -0.2) is 4.79 Å². The number of benzene rings is 3. The molecular weight excluding hydrogens is 402 g/mol. The molecule has 2 N–H and O–H groups in total. The minimum absolute atomic E-state index is 0.164. The van der Waals surface area contributed by atoms with Crippen LogP contribution in [0.3, 0.4) is 0 Å². The highest BCUT2D eigenvalue weighted by Gasteiger charge is 2.11. The lowest BCUT2D eigenvalue weighted by Gasteiger charge is -2.04. The van der Waals surface area contributed by atoms with E-state index in [0.29, 0.717) is 11.1 Å². The Balaban J connectivity index is 1.45. The molecule has 2 aromatic heterocycles. The van der Waals surface area contributed by atoms with Crippen molar-refractivity contribution in [1.29, 1.82) is 0 Å². The summed E-state index contributed by atoms with van der Waals surface area (Å²) in [5.41, 5.74) is 5.34. The van der Waals surface area contributed by atoms with Crippen molar-refractivity contribution in [3.63, 3.8) is 0 Å². The highest BCUT2D eigenvalue weighted by molar-refractivity contribution is 6.13. The van der Waals surface area contributed by atoms with Crippen LogP contribution in [0.25, 0.3) is 32.9 Å². The molecular formula is C26H19N3O3. The van der Waals surface area contributed by atoms with Crippen LogP contribution in [0, 0.1) is 0 Å². The van der Waals surface area contributed by atoms with Crippen LogP contribution in [0.2, 0.25) is 0 Å². The second kappa shape index (κ2) is 8.00. The summed E-state index contributed by atoms with van der Waals surface area (Å²) in [6, 6.07) is 22.7. The number of esters is 1. The van der Waals surface area contributed by atoms with Crippen molar-refractivity contribution >= 4 is 39.7 Å². The molecule has 6 nitrogen and oxygen atoms in total. The van der Waals surface area contributed by atoms with Crippen molar-refractivity contribution in [2.24, 2.45) is 4.99 Å². The van der Waals surface area contributed by atoms with Gasteiger partial charge in [0.2, 0.25) is 0 Å². The minimum Gasteiger partial charge on any atom is -0.465 e. The van der Waals surface area contributed by atoms with E-state index in [1.807, 2.05) is 66.9 Å². The molecule has 0 saturated heterocycles. The van der Waals surface area contributed by atoms with Crippen LogP contribution >= 0.6 is 0 Å².